The van der Waals surface area contributed by atoms with Gasteiger partial charge in [-0.2, -0.15) is 0 Å². The van der Waals surface area contributed by atoms with E-state index in [1.807, 2.05) is 6.20 Å². The van der Waals surface area contributed by atoms with Gasteiger partial charge in [0.05, 0.1) is 33.5 Å². The lowest BCUT2D eigenvalue weighted by atomic mass is 10.1. The van der Waals surface area contributed by atoms with Crippen LogP contribution in [-0.4, -0.2) is 65.7 Å². The Morgan fingerprint density at radius 2 is 2.17 bits per heavy atom. The summed E-state index contributed by atoms with van der Waals surface area (Å²) >= 11 is 0. The van der Waals surface area contributed by atoms with Gasteiger partial charge in [-0.1, -0.05) is 5.21 Å². The van der Waals surface area contributed by atoms with Crippen LogP contribution in [0.1, 0.15) is 11.7 Å². The first-order valence-electron chi connectivity index (χ1n) is 6.26. The largest absolute Gasteiger partial charge is 0.388 e. The smallest absolute Gasteiger partial charge is 0.137 e. The maximum atomic E-state index is 9.69. The minimum absolute atomic E-state index is 0.0190. The second kappa shape index (κ2) is 4.58. The van der Waals surface area contributed by atoms with Crippen molar-refractivity contribution in [1.29, 1.82) is 0 Å². The molecular formula is C11H19N4O3+. The Hall–Kier alpha value is -1.02. The molecule has 2 aliphatic rings. The molecule has 7 nitrogen and oxygen atoms in total. The van der Waals surface area contributed by atoms with E-state index >= 15 is 0 Å². The summed E-state index contributed by atoms with van der Waals surface area (Å²) in [5, 5.41) is 18.0. The molecule has 0 bridgehead atoms. The van der Waals surface area contributed by atoms with E-state index in [-0.39, 0.29) is 18.2 Å². The van der Waals surface area contributed by atoms with Gasteiger partial charge in [0.1, 0.15) is 36.6 Å². The fourth-order valence-corrected chi connectivity index (χ4v) is 2.60. The zero-order chi connectivity index (χ0) is 12.7. The van der Waals surface area contributed by atoms with Crippen molar-refractivity contribution >= 4 is 0 Å². The molecule has 7 heteroatoms. The van der Waals surface area contributed by atoms with Crippen LogP contribution >= 0.6 is 0 Å². The second-order valence-corrected chi connectivity index (χ2v) is 5.30. The lowest BCUT2D eigenvalue weighted by Gasteiger charge is -2.15. The van der Waals surface area contributed by atoms with E-state index in [2.05, 4.69) is 24.4 Å². The van der Waals surface area contributed by atoms with Crippen LogP contribution in [0.2, 0.25) is 0 Å². The Morgan fingerprint density at radius 1 is 1.39 bits per heavy atom. The average Bonchev–Trinajstić information content (AvgIpc) is 2.96. The van der Waals surface area contributed by atoms with Crippen LogP contribution in [0.15, 0.2) is 6.20 Å². The predicted octanol–water partition coefficient (Wildman–Crippen LogP) is -2.38. The number of fused-ring (bicyclic) bond motifs is 1. The van der Waals surface area contributed by atoms with Gasteiger partial charge in [0.25, 0.3) is 0 Å². The summed E-state index contributed by atoms with van der Waals surface area (Å²) < 4.78 is 13.0. The normalized spacial score (nSPS) is 35.3. The van der Waals surface area contributed by atoms with E-state index in [1.165, 1.54) is 4.90 Å². The molecule has 0 unspecified atom stereocenters. The molecule has 0 saturated carbocycles. The molecule has 100 valence electrons. The van der Waals surface area contributed by atoms with Gasteiger partial charge in [0, 0.05) is 0 Å². The third-order valence-electron chi connectivity index (χ3n) is 3.43. The molecule has 0 amide bonds. The first-order valence-corrected chi connectivity index (χ1v) is 6.26. The maximum Gasteiger partial charge on any atom is 0.137 e. The number of quaternary nitrogens is 1. The van der Waals surface area contributed by atoms with Gasteiger partial charge in [-0.25, -0.2) is 4.68 Å². The molecule has 0 radical (unpaired) electrons. The number of aromatic nitrogens is 3. The molecule has 1 aromatic heterocycles. The van der Waals surface area contributed by atoms with Gasteiger partial charge in [-0.15, -0.1) is 5.10 Å². The number of aliphatic hydroxyl groups excluding tert-OH is 1. The summed E-state index contributed by atoms with van der Waals surface area (Å²) in [6, 6.07) is 0.0190. The van der Waals surface area contributed by atoms with Crippen molar-refractivity contribution in [2.24, 2.45) is 0 Å². The maximum absolute atomic E-state index is 9.69. The van der Waals surface area contributed by atoms with Gasteiger partial charge in [0.15, 0.2) is 0 Å². The highest BCUT2D eigenvalue weighted by Crippen LogP contribution is 2.33. The van der Waals surface area contributed by atoms with Gasteiger partial charge < -0.3 is 19.5 Å². The molecule has 3 heterocycles. The molecule has 2 aliphatic heterocycles. The number of ether oxygens (including phenoxy) is 2. The topological polar surface area (TPSA) is 73.8 Å². The molecular weight excluding hydrogens is 236 g/mol. The third-order valence-corrected chi connectivity index (χ3v) is 3.43. The highest BCUT2D eigenvalue weighted by molar-refractivity contribution is 4.99. The predicted molar refractivity (Wildman–Crippen MR) is 61.1 cm³/mol. The molecule has 1 aromatic rings. The molecule has 4 atom stereocenters. The van der Waals surface area contributed by atoms with Gasteiger partial charge >= 0.3 is 0 Å². The minimum atomic E-state index is -0.519. The summed E-state index contributed by atoms with van der Waals surface area (Å²) in [6.45, 7) is 1.70. The molecule has 0 aromatic carbocycles. The molecule has 0 spiro atoms. The Balaban J connectivity index is 1.73. The van der Waals surface area contributed by atoms with Crippen molar-refractivity contribution in [2.75, 3.05) is 27.3 Å². The van der Waals surface area contributed by atoms with Gasteiger partial charge in [-0.05, 0) is 0 Å². The zero-order valence-electron chi connectivity index (χ0n) is 10.6. The fraction of sp³-hybridized carbons (Fsp3) is 0.818. The van der Waals surface area contributed by atoms with E-state index in [1.54, 1.807) is 4.68 Å². The summed E-state index contributed by atoms with van der Waals surface area (Å²) in [5.41, 5.74) is 0.956. The summed E-state index contributed by atoms with van der Waals surface area (Å²) in [5.74, 6) is 0. The number of aliphatic hydroxyl groups is 1. The van der Waals surface area contributed by atoms with Crippen molar-refractivity contribution < 1.29 is 19.5 Å². The lowest BCUT2D eigenvalue weighted by molar-refractivity contribution is -0.873. The van der Waals surface area contributed by atoms with Crippen molar-refractivity contribution in [2.45, 2.75) is 30.9 Å². The van der Waals surface area contributed by atoms with Crippen molar-refractivity contribution in [3.8, 4) is 0 Å². The second-order valence-electron chi connectivity index (χ2n) is 5.30. The fourth-order valence-electron chi connectivity index (χ4n) is 2.60. The highest BCUT2D eigenvalue weighted by atomic mass is 16.6. The molecule has 2 saturated heterocycles. The molecule has 2 fully saturated rings. The summed E-state index contributed by atoms with van der Waals surface area (Å²) in [4.78, 5) is 1.30. The van der Waals surface area contributed by atoms with Gasteiger partial charge in [0.2, 0.25) is 0 Å². The van der Waals surface area contributed by atoms with Crippen LogP contribution in [0.4, 0.5) is 0 Å². The van der Waals surface area contributed by atoms with E-state index in [0.29, 0.717) is 13.2 Å². The standard InChI is InChI=1S/C11H18N4O3/c1-14(2)3-7-4-15(13-12-7)8-5-17-11-9(16)6-18-10(8)11/h4,8-11,16H,3,5-6H2,1-2H3/p+1/t8-,9+,10+,11+/m0/s1. The van der Waals surface area contributed by atoms with E-state index in [0.717, 1.165) is 12.2 Å². The third kappa shape index (κ3) is 2.03. The van der Waals surface area contributed by atoms with Gasteiger partial charge in [-0.3, -0.25) is 0 Å². The molecule has 2 N–H and O–H groups in total. The Morgan fingerprint density at radius 3 is 2.94 bits per heavy atom. The Labute approximate surface area is 105 Å². The van der Waals surface area contributed by atoms with Crippen LogP contribution in [-0.2, 0) is 16.0 Å². The number of hydrogen-bond donors (Lipinski definition) is 2. The average molecular weight is 255 g/mol. The quantitative estimate of drug-likeness (QED) is 0.631. The summed E-state index contributed by atoms with van der Waals surface area (Å²) in [6.07, 6.45) is 1.09. The first-order chi connectivity index (χ1) is 8.65. The number of hydrogen-bond acceptors (Lipinski definition) is 5. The Bertz CT molecular complexity index is 422. The number of nitrogens with zero attached hydrogens (tertiary/aromatic N) is 3. The number of nitrogens with one attached hydrogen (secondary N) is 1. The van der Waals surface area contributed by atoms with Crippen LogP contribution in [0.5, 0.6) is 0 Å². The lowest BCUT2D eigenvalue weighted by Crippen LogP contribution is -3.04. The molecule has 3 rings (SSSR count). The Kier molecular flexibility index (Phi) is 3.06. The highest BCUT2D eigenvalue weighted by Gasteiger charge is 2.48. The van der Waals surface area contributed by atoms with E-state index in [9.17, 15) is 5.11 Å². The minimum Gasteiger partial charge on any atom is -0.388 e. The van der Waals surface area contributed by atoms with Crippen LogP contribution in [0.3, 0.4) is 0 Å². The summed E-state index contributed by atoms with van der Waals surface area (Å²) in [7, 11) is 4.15. The van der Waals surface area contributed by atoms with Crippen LogP contribution in [0.25, 0.3) is 0 Å². The van der Waals surface area contributed by atoms with Crippen molar-refractivity contribution in [1.82, 2.24) is 15.0 Å². The monoisotopic (exact) mass is 255 g/mol. The van der Waals surface area contributed by atoms with Crippen molar-refractivity contribution in [3.63, 3.8) is 0 Å². The first kappa shape index (κ1) is 12.0. The van der Waals surface area contributed by atoms with Crippen molar-refractivity contribution in [3.05, 3.63) is 11.9 Å². The molecule has 0 aliphatic carbocycles. The van der Waals surface area contributed by atoms with Crippen LogP contribution in [0, 0.1) is 0 Å². The SMILES string of the molecule is C[NH+](C)Cc1cn([C@H]2CO[C@H]3[C@@H]2OC[C@H]3O)nn1. The van der Waals surface area contributed by atoms with Crippen LogP contribution < -0.4 is 4.90 Å². The zero-order valence-corrected chi connectivity index (χ0v) is 10.6. The number of rotatable bonds is 3. The van der Waals surface area contributed by atoms with E-state index in [4.69, 9.17) is 9.47 Å². The van der Waals surface area contributed by atoms with E-state index < -0.39 is 6.10 Å². The molecule has 18 heavy (non-hydrogen) atoms.